The SMILES string of the molecule is CC.COC(=O)c1nnc(C)cc1Cl. The normalized spacial score (nSPS) is 8.64. The molecule has 0 aliphatic heterocycles. The van der Waals surface area contributed by atoms with Crippen LogP contribution in [0.15, 0.2) is 6.07 Å². The molecule has 0 aliphatic rings. The first-order valence-corrected chi connectivity index (χ1v) is 4.61. The van der Waals surface area contributed by atoms with Gasteiger partial charge in [0, 0.05) is 0 Å². The van der Waals surface area contributed by atoms with Crippen LogP contribution < -0.4 is 0 Å². The van der Waals surface area contributed by atoms with Crippen LogP contribution in [-0.4, -0.2) is 23.3 Å². The van der Waals surface area contributed by atoms with E-state index in [0.717, 1.165) is 0 Å². The van der Waals surface area contributed by atoms with Crippen molar-refractivity contribution in [2.24, 2.45) is 0 Å². The summed E-state index contributed by atoms with van der Waals surface area (Å²) in [6, 6.07) is 1.56. The Bertz CT molecular complexity index is 316. The van der Waals surface area contributed by atoms with Crippen molar-refractivity contribution in [3.63, 3.8) is 0 Å². The van der Waals surface area contributed by atoms with E-state index in [0.29, 0.717) is 5.69 Å². The van der Waals surface area contributed by atoms with E-state index in [2.05, 4.69) is 14.9 Å². The number of esters is 1. The van der Waals surface area contributed by atoms with E-state index in [1.54, 1.807) is 13.0 Å². The largest absolute Gasteiger partial charge is 0.464 e. The predicted molar refractivity (Wildman–Crippen MR) is 54.5 cm³/mol. The molecular weight excluding hydrogens is 204 g/mol. The third-order valence-electron chi connectivity index (χ3n) is 1.25. The van der Waals surface area contributed by atoms with Crippen LogP contribution >= 0.6 is 11.6 Å². The highest BCUT2D eigenvalue weighted by atomic mass is 35.5. The van der Waals surface area contributed by atoms with Gasteiger partial charge in [-0.1, -0.05) is 25.4 Å². The molecule has 0 atom stereocenters. The number of rotatable bonds is 1. The van der Waals surface area contributed by atoms with Crippen LogP contribution in [0.3, 0.4) is 0 Å². The number of halogens is 1. The van der Waals surface area contributed by atoms with Crippen molar-refractivity contribution >= 4 is 17.6 Å². The van der Waals surface area contributed by atoms with Crippen LogP contribution in [0.1, 0.15) is 30.0 Å². The van der Waals surface area contributed by atoms with E-state index in [1.807, 2.05) is 13.8 Å². The second kappa shape index (κ2) is 6.32. The first kappa shape index (κ1) is 12.8. The summed E-state index contributed by atoms with van der Waals surface area (Å²) in [7, 11) is 1.26. The number of aryl methyl sites for hydroxylation is 1. The Labute approximate surface area is 88.2 Å². The Morgan fingerprint density at radius 2 is 2.00 bits per heavy atom. The summed E-state index contributed by atoms with van der Waals surface area (Å²) in [5.74, 6) is -0.576. The molecule has 4 nitrogen and oxygen atoms in total. The topological polar surface area (TPSA) is 52.1 Å². The molecule has 1 aromatic heterocycles. The van der Waals surface area contributed by atoms with Crippen molar-refractivity contribution in [1.29, 1.82) is 0 Å². The quantitative estimate of drug-likeness (QED) is 0.676. The second-order valence-corrected chi connectivity index (χ2v) is 2.58. The van der Waals surface area contributed by atoms with Gasteiger partial charge in [0.2, 0.25) is 0 Å². The average molecular weight is 217 g/mol. The van der Waals surface area contributed by atoms with Crippen LogP contribution in [0.25, 0.3) is 0 Å². The van der Waals surface area contributed by atoms with Crippen LogP contribution in [0.4, 0.5) is 0 Å². The summed E-state index contributed by atoms with van der Waals surface area (Å²) in [4.78, 5) is 10.9. The number of ether oxygens (including phenoxy) is 1. The molecule has 5 heteroatoms. The highest BCUT2D eigenvalue weighted by Crippen LogP contribution is 2.13. The zero-order chi connectivity index (χ0) is 11.1. The zero-order valence-electron chi connectivity index (χ0n) is 8.67. The van der Waals surface area contributed by atoms with Crippen molar-refractivity contribution < 1.29 is 9.53 Å². The molecule has 0 saturated heterocycles. The Balaban J connectivity index is 0.000000791. The van der Waals surface area contributed by atoms with Gasteiger partial charge in [-0.2, -0.15) is 5.10 Å². The second-order valence-electron chi connectivity index (χ2n) is 2.17. The molecule has 0 fully saturated rings. The standard InChI is InChI=1S/C7H7ClN2O2.C2H6/c1-4-3-5(8)6(10-9-4)7(11)12-2;1-2/h3H,1-2H3;1-2H3. The molecule has 0 spiro atoms. The van der Waals surface area contributed by atoms with Crippen molar-refractivity contribution in [1.82, 2.24) is 10.2 Å². The number of aromatic nitrogens is 2. The highest BCUT2D eigenvalue weighted by molar-refractivity contribution is 6.33. The molecule has 0 N–H and O–H groups in total. The minimum atomic E-state index is -0.576. The smallest absolute Gasteiger partial charge is 0.360 e. The number of carbonyl (C=O) groups is 1. The Morgan fingerprint density at radius 3 is 2.43 bits per heavy atom. The Morgan fingerprint density at radius 1 is 1.43 bits per heavy atom. The lowest BCUT2D eigenvalue weighted by Gasteiger charge is -1.99. The summed E-state index contributed by atoms with van der Waals surface area (Å²) in [6.07, 6.45) is 0. The third-order valence-corrected chi connectivity index (χ3v) is 1.54. The molecule has 1 rings (SSSR count). The van der Waals surface area contributed by atoms with Gasteiger partial charge < -0.3 is 4.74 Å². The number of nitrogens with zero attached hydrogens (tertiary/aromatic N) is 2. The number of carbonyl (C=O) groups excluding carboxylic acids is 1. The molecule has 0 aromatic carbocycles. The maximum absolute atomic E-state index is 10.9. The first-order valence-electron chi connectivity index (χ1n) is 4.23. The lowest BCUT2D eigenvalue weighted by molar-refractivity contribution is 0.0593. The molecule has 0 amide bonds. The van der Waals surface area contributed by atoms with E-state index in [-0.39, 0.29) is 10.7 Å². The van der Waals surface area contributed by atoms with Gasteiger partial charge in [-0.15, -0.1) is 5.10 Å². The molecule has 0 unspecified atom stereocenters. The van der Waals surface area contributed by atoms with Gasteiger partial charge in [0.1, 0.15) is 0 Å². The minimum absolute atomic E-state index is 0.0461. The fourth-order valence-electron chi connectivity index (χ4n) is 0.692. The average Bonchev–Trinajstić information content (AvgIpc) is 2.20. The summed E-state index contributed by atoms with van der Waals surface area (Å²) < 4.78 is 4.43. The lowest BCUT2D eigenvalue weighted by atomic mass is 10.3. The van der Waals surface area contributed by atoms with E-state index < -0.39 is 5.97 Å². The minimum Gasteiger partial charge on any atom is -0.464 e. The maximum Gasteiger partial charge on any atom is 0.360 e. The predicted octanol–water partition coefficient (Wildman–Crippen LogP) is 2.25. The molecule has 78 valence electrons. The van der Waals surface area contributed by atoms with Crippen LogP contribution in [0, 0.1) is 6.92 Å². The fraction of sp³-hybridized carbons (Fsp3) is 0.444. The number of hydrogen-bond acceptors (Lipinski definition) is 4. The number of hydrogen-bond donors (Lipinski definition) is 0. The van der Waals surface area contributed by atoms with E-state index in [1.165, 1.54) is 7.11 Å². The molecule has 1 aromatic rings. The van der Waals surface area contributed by atoms with E-state index in [4.69, 9.17) is 11.6 Å². The van der Waals surface area contributed by atoms with Gasteiger partial charge in [-0.25, -0.2) is 4.79 Å². The molecule has 0 aliphatic carbocycles. The van der Waals surface area contributed by atoms with Gasteiger partial charge in [-0.05, 0) is 13.0 Å². The summed E-state index contributed by atoms with van der Waals surface area (Å²) in [5, 5.41) is 7.52. The van der Waals surface area contributed by atoms with Crippen molar-refractivity contribution in [3.05, 3.63) is 22.5 Å². The number of methoxy groups -OCH3 is 1. The molecule has 0 radical (unpaired) electrons. The third kappa shape index (κ3) is 3.30. The van der Waals surface area contributed by atoms with E-state index in [9.17, 15) is 4.79 Å². The van der Waals surface area contributed by atoms with Crippen LogP contribution in [0.2, 0.25) is 5.02 Å². The summed E-state index contributed by atoms with van der Waals surface area (Å²) >= 11 is 5.70. The van der Waals surface area contributed by atoms with Gasteiger partial charge in [0.25, 0.3) is 0 Å². The van der Waals surface area contributed by atoms with Gasteiger partial charge >= 0.3 is 5.97 Å². The molecular formula is C9H13ClN2O2. The van der Waals surface area contributed by atoms with Crippen LogP contribution in [-0.2, 0) is 4.74 Å². The Kier molecular flexibility index (Phi) is 5.79. The van der Waals surface area contributed by atoms with Gasteiger partial charge in [0.05, 0.1) is 17.8 Å². The van der Waals surface area contributed by atoms with E-state index >= 15 is 0 Å². The fourth-order valence-corrected chi connectivity index (χ4v) is 0.965. The monoisotopic (exact) mass is 216 g/mol. The summed E-state index contributed by atoms with van der Waals surface area (Å²) in [5.41, 5.74) is 0.706. The van der Waals surface area contributed by atoms with Crippen LogP contribution in [0.5, 0.6) is 0 Å². The summed E-state index contributed by atoms with van der Waals surface area (Å²) in [6.45, 7) is 5.74. The van der Waals surface area contributed by atoms with Gasteiger partial charge in [0.15, 0.2) is 5.69 Å². The van der Waals surface area contributed by atoms with Crippen molar-refractivity contribution in [3.8, 4) is 0 Å². The molecule has 0 saturated carbocycles. The van der Waals surface area contributed by atoms with Crippen molar-refractivity contribution in [2.45, 2.75) is 20.8 Å². The molecule has 1 heterocycles. The first-order chi connectivity index (χ1) is 6.65. The zero-order valence-corrected chi connectivity index (χ0v) is 9.42. The molecule has 14 heavy (non-hydrogen) atoms. The highest BCUT2D eigenvalue weighted by Gasteiger charge is 2.12. The Hall–Kier alpha value is -1.16. The van der Waals surface area contributed by atoms with Gasteiger partial charge in [-0.3, -0.25) is 0 Å². The lowest BCUT2D eigenvalue weighted by Crippen LogP contribution is -2.06. The van der Waals surface area contributed by atoms with Crippen molar-refractivity contribution in [2.75, 3.05) is 7.11 Å². The molecule has 0 bridgehead atoms. The maximum atomic E-state index is 10.9.